The van der Waals surface area contributed by atoms with Crippen LogP contribution in [0.4, 0.5) is 0 Å². The highest BCUT2D eigenvalue weighted by Gasteiger charge is 2.16. The van der Waals surface area contributed by atoms with E-state index in [1.807, 2.05) is 6.07 Å². The number of pyridine rings is 1. The summed E-state index contributed by atoms with van der Waals surface area (Å²) in [6.45, 7) is 0. The van der Waals surface area contributed by atoms with E-state index in [1.54, 1.807) is 30.3 Å². The molecule has 0 atom stereocenters. The molecule has 3 aromatic rings. The molecule has 0 unspecified atom stereocenters. The van der Waals surface area contributed by atoms with Crippen LogP contribution in [-0.2, 0) is 0 Å². The minimum absolute atomic E-state index is 0.0948. The van der Waals surface area contributed by atoms with Gasteiger partial charge in [0, 0.05) is 5.56 Å². The lowest BCUT2D eigenvalue weighted by molar-refractivity contribution is 0.0689. The Hall–Kier alpha value is -2.40. The second kappa shape index (κ2) is 4.37. The lowest BCUT2D eigenvalue weighted by atomic mass is 10.2. The average molecular weight is 274 g/mol. The van der Waals surface area contributed by atoms with Gasteiger partial charge in [0.05, 0.1) is 5.02 Å². The van der Waals surface area contributed by atoms with Crippen molar-refractivity contribution in [2.45, 2.75) is 0 Å². The maximum absolute atomic E-state index is 11.3. The van der Waals surface area contributed by atoms with E-state index < -0.39 is 5.97 Å². The van der Waals surface area contributed by atoms with E-state index in [0.717, 1.165) is 0 Å². The van der Waals surface area contributed by atoms with E-state index in [9.17, 15) is 9.90 Å². The molecule has 94 valence electrons. The van der Waals surface area contributed by atoms with Crippen LogP contribution in [0.15, 0.2) is 42.5 Å². The first-order valence-corrected chi connectivity index (χ1v) is 5.88. The number of nitrogens with zero attached hydrogens (tertiary/aromatic N) is 3. The van der Waals surface area contributed by atoms with Crippen LogP contribution in [0.2, 0.25) is 5.02 Å². The van der Waals surface area contributed by atoms with Gasteiger partial charge >= 0.3 is 5.97 Å². The Morgan fingerprint density at radius 1 is 1.11 bits per heavy atom. The number of carboxylic acid groups (broad SMARTS) is 1. The first-order valence-electron chi connectivity index (χ1n) is 5.51. The number of benzene rings is 1. The molecule has 19 heavy (non-hydrogen) atoms. The summed E-state index contributed by atoms with van der Waals surface area (Å²) in [4.78, 5) is 11.3. The summed E-state index contributed by atoms with van der Waals surface area (Å²) in [7, 11) is 0. The Balaban J connectivity index is 2.37. The zero-order valence-electron chi connectivity index (χ0n) is 9.62. The van der Waals surface area contributed by atoms with Gasteiger partial charge in [-0.05, 0) is 24.3 Å². The molecular weight excluding hydrogens is 266 g/mol. The summed E-state index contributed by atoms with van der Waals surface area (Å²) in [6, 6.07) is 11.9. The summed E-state index contributed by atoms with van der Waals surface area (Å²) in [5, 5.41) is 17.7. The molecule has 6 heteroatoms. The highest BCUT2D eigenvalue weighted by Crippen LogP contribution is 2.27. The molecule has 0 aliphatic heterocycles. The number of aromatic nitrogens is 3. The Morgan fingerprint density at radius 3 is 2.63 bits per heavy atom. The number of hydrogen-bond donors (Lipinski definition) is 1. The molecule has 0 spiro atoms. The number of rotatable bonds is 2. The van der Waals surface area contributed by atoms with Crippen molar-refractivity contribution in [3.8, 4) is 11.4 Å². The van der Waals surface area contributed by atoms with Crippen molar-refractivity contribution >= 4 is 23.2 Å². The van der Waals surface area contributed by atoms with Crippen molar-refractivity contribution in [1.29, 1.82) is 0 Å². The Morgan fingerprint density at radius 2 is 1.89 bits per heavy atom. The second-order valence-corrected chi connectivity index (χ2v) is 4.32. The molecule has 1 aromatic carbocycles. The van der Waals surface area contributed by atoms with Gasteiger partial charge in [0.15, 0.2) is 11.5 Å². The van der Waals surface area contributed by atoms with Crippen molar-refractivity contribution in [2.75, 3.05) is 0 Å². The predicted octanol–water partition coefficient (Wildman–Crippen LogP) is 2.75. The third-order valence-corrected chi connectivity index (χ3v) is 3.09. The van der Waals surface area contributed by atoms with Gasteiger partial charge in [-0.2, -0.15) is 0 Å². The van der Waals surface area contributed by atoms with Crippen LogP contribution in [0.3, 0.4) is 0 Å². The monoisotopic (exact) mass is 273 g/mol. The number of halogens is 1. The fraction of sp³-hybridized carbons (Fsp3) is 0. The lowest BCUT2D eigenvalue weighted by Gasteiger charge is -2.05. The molecule has 0 aliphatic carbocycles. The van der Waals surface area contributed by atoms with Gasteiger partial charge < -0.3 is 5.11 Å². The van der Waals surface area contributed by atoms with E-state index >= 15 is 0 Å². The normalized spacial score (nSPS) is 10.8. The number of carbonyl (C=O) groups is 1. The maximum Gasteiger partial charge on any atom is 0.352 e. The fourth-order valence-electron chi connectivity index (χ4n) is 1.93. The van der Waals surface area contributed by atoms with Gasteiger partial charge in [0.2, 0.25) is 0 Å². The number of carboxylic acids is 1. The topological polar surface area (TPSA) is 67.5 Å². The Labute approximate surface area is 113 Å². The SMILES string of the molecule is O=C(O)c1cccc2nnc(-c3ccccc3Cl)n12. The lowest BCUT2D eigenvalue weighted by Crippen LogP contribution is -2.06. The van der Waals surface area contributed by atoms with Gasteiger partial charge in [0.1, 0.15) is 5.69 Å². The van der Waals surface area contributed by atoms with E-state index in [4.69, 9.17) is 11.6 Å². The Bertz CT molecular complexity index is 782. The molecule has 0 bridgehead atoms. The third-order valence-electron chi connectivity index (χ3n) is 2.76. The molecule has 3 rings (SSSR count). The van der Waals surface area contributed by atoms with E-state index in [1.165, 1.54) is 10.5 Å². The van der Waals surface area contributed by atoms with Crippen LogP contribution in [0.25, 0.3) is 17.0 Å². The van der Waals surface area contributed by atoms with Crippen LogP contribution in [0.5, 0.6) is 0 Å². The molecule has 2 heterocycles. The fourth-order valence-corrected chi connectivity index (χ4v) is 2.15. The first kappa shape index (κ1) is 11.7. The minimum Gasteiger partial charge on any atom is -0.477 e. The summed E-state index contributed by atoms with van der Waals surface area (Å²) >= 11 is 6.12. The largest absolute Gasteiger partial charge is 0.477 e. The van der Waals surface area contributed by atoms with E-state index in [-0.39, 0.29) is 5.69 Å². The minimum atomic E-state index is -1.04. The summed E-state index contributed by atoms with van der Waals surface area (Å²) in [5.41, 5.74) is 1.21. The Kier molecular flexibility index (Phi) is 2.68. The molecule has 0 amide bonds. The van der Waals surface area contributed by atoms with Crippen molar-refractivity contribution in [2.24, 2.45) is 0 Å². The zero-order valence-corrected chi connectivity index (χ0v) is 10.4. The standard InChI is InChI=1S/C13H8ClN3O2/c14-9-5-2-1-4-8(9)12-16-15-11-7-3-6-10(13(18)19)17(11)12/h1-7H,(H,18,19). The van der Waals surface area contributed by atoms with Crippen molar-refractivity contribution in [3.63, 3.8) is 0 Å². The van der Waals surface area contributed by atoms with Crippen molar-refractivity contribution < 1.29 is 9.90 Å². The number of hydrogen-bond acceptors (Lipinski definition) is 3. The molecule has 0 aliphatic rings. The van der Waals surface area contributed by atoms with Gasteiger partial charge in [0.25, 0.3) is 0 Å². The number of aromatic carboxylic acids is 1. The molecular formula is C13H8ClN3O2. The van der Waals surface area contributed by atoms with Crippen LogP contribution in [-0.4, -0.2) is 25.7 Å². The van der Waals surface area contributed by atoms with Crippen LogP contribution in [0, 0.1) is 0 Å². The number of fused-ring (bicyclic) bond motifs is 1. The van der Waals surface area contributed by atoms with E-state index in [2.05, 4.69) is 10.2 Å². The molecule has 0 fully saturated rings. The van der Waals surface area contributed by atoms with Gasteiger partial charge in [-0.25, -0.2) is 4.79 Å². The summed E-state index contributed by atoms with van der Waals surface area (Å²) in [5.74, 6) is -0.627. The van der Waals surface area contributed by atoms with E-state index in [0.29, 0.717) is 22.1 Å². The highest BCUT2D eigenvalue weighted by molar-refractivity contribution is 6.33. The van der Waals surface area contributed by atoms with Crippen LogP contribution < -0.4 is 0 Å². The van der Waals surface area contributed by atoms with Crippen LogP contribution in [0.1, 0.15) is 10.5 Å². The van der Waals surface area contributed by atoms with Gasteiger partial charge in [-0.1, -0.05) is 29.8 Å². The molecule has 1 N–H and O–H groups in total. The summed E-state index contributed by atoms with van der Waals surface area (Å²) in [6.07, 6.45) is 0. The average Bonchev–Trinajstić information content (AvgIpc) is 2.82. The molecule has 2 aromatic heterocycles. The maximum atomic E-state index is 11.3. The molecule has 0 radical (unpaired) electrons. The van der Waals surface area contributed by atoms with Crippen molar-refractivity contribution in [1.82, 2.24) is 14.6 Å². The molecule has 0 saturated heterocycles. The zero-order chi connectivity index (χ0) is 13.4. The highest BCUT2D eigenvalue weighted by atomic mass is 35.5. The molecule has 5 nitrogen and oxygen atoms in total. The quantitative estimate of drug-likeness (QED) is 0.779. The molecule has 0 saturated carbocycles. The van der Waals surface area contributed by atoms with Gasteiger partial charge in [-0.3, -0.25) is 4.40 Å². The third kappa shape index (κ3) is 1.84. The van der Waals surface area contributed by atoms with Crippen molar-refractivity contribution in [3.05, 3.63) is 53.2 Å². The van der Waals surface area contributed by atoms with Crippen LogP contribution >= 0.6 is 11.6 Å². The second-order valence-electron chi connectivity index (χ2n) is 3.91. The van der Waals surface area contributed by atoms with Gasteiger partial charge in [-0.15, -0.1) is 10.2 Å². The first-order chi connectivity index (χ1) is 9.18. The summed E-state index contributed by atoms with van der Waals surface area (Å²) < 4.78 is 1.48. The predicted molar refractivity (Wildman–Crippen MR) is 70.4 cm³/mol. The smallest absolute Gasteiger partial charge is 0.352 e.